The van der Waals surface area contributed by atoms with Crippen molar-refractivity contribution in [2.45, 2.75) is 12.5 Å². The summed E-state index contributed by atoms with van der Waals surface area (Å²) in [5, 5.41) is 6.08. The third-order valence-electron chi connectivity index (χ3n) is 3.73. The normalized spacial score (nSPS) is 17.0. The average Bonchev–Trinajstić information content (AvgIpc) is 2.93. The van der Waals surface area contributed by atoms with Crippen LogP contribution in [0.25, 0.3) is 0 Å². The molecule has 0 aliphatic carbocycles. The van der Waals surface area contributed by atoms with Crippen molar-refractivity contribution in [3.8, 4) is 0 Å². The lowest BCUT2D eigenvalue weighted by Gasteiger charge is -2.17. The van der Waals surface area contributed by atoms with Gasteiger partial charge in [-0.05, 0) is 24.3 Å². The first-order chi connectivity index (χ1) is 11.5. The lowest BCUT2D eigenvalue weighted by Crippen LogP contribution is -2.39. The van der Waals surface area contributed by atoms with Crippen molar-refractivity contribution < 1.29 is 9.59 Å². The van der Waals surface area contributed by atoms with Crippen LogP contribution in [-0.2, 0) is 4.79 Å². The molecule has 24 heavy (non-hydrogen) atoms. The van der Waals surface area contributed by atoms with Crippen molar-refractivity contribution >= 4 is 46.5 Å². The summed E-state index contributed by atoms with van der Waals surface area (Å²) in [6, 6.07) is 13.7. The smallest absolute Gasteiger partial charge is 0.319 e. The maximum Gasteiger partial charge on any atom is 0.319 e. The zero-order chi connectivity index (χ0) is 17.1. The molecule has 124 valence electrons. The molecule has 1 heterocycles. The molecule has 1 saturated heterocycles. The Morgan fingerprint density at radius 1 is 1.08 bits per heavy atom. The predicted octanol–water partition coefficient (Wildman–Crippen LogP) is 3.92. The van der Waals surface area contributed by atoms with Crippen LogP contribution in [-0.4, -0.2) is 24.5 Å². The number of hydrogen-bond acceptors (Lipinski definition) is 2. The van der Waals surface area contributed by atoms with Gasteiger partial charge in [0, 0.05) is 18.7 Å². The van der Waals surface area contributed by atoms with E-state index in [1.165, 1.54) is 0 Å². The number of hydrogen-bond donors (Lipinski definition) is 2. The van der Waals surface area contributed by atoms with Crippen molar-refractivity contribution in [1.82, 2.24) is 5.32 Å². The van der Waals surface area contributed by atoms with Crippen molar-refractivity contribution in [2.24, 2.45) is 0 Å². The molecule has 3 rings (SSSR count). The van der Waals surface area contributed by atoms with E-state index in [4.69, 9.17) is 23.2 Å². The van der Waals surface area contributed by atoms with Gasteiger partial charge in [-0.3, -0.25) is 4.79 Å². The van der Waals surface area contributed by atoms with E-state index in [-0.39, 0.29) is 23.4 Å². The second kappa shape index (κ2) is 7.11. The van der Waals surface area contributed by atoms with E-state index in [9.17, 15) is 9.59 Å². The summed E-state index contributed by atoms with van der Waals surface area (Å²) in [5.41, 5.74) is 1.25. The summed E-state index contributed by atoms with van der Waals surface area (Å²) in [6.07, 6.45) is 0.256. The molecule has 1 atom stereocenters. The number of para-hydroxylation sites is 1. The average molecular weight is 364 g/mol. The highest BCUT2D eigenvalue weighted by molar-refractivity contribution is 6.43. The summed E-state index contributed by atoms with van der Waals surface area (Å²) < 4.78 is 0. The summed E-state index contributed by atoms with van der Waals surface area (Å²) >= 11 is 12.0. The minimum Gasteiger partial charge on any atom is -0.333 e. The molecule has 0 radical (unpaired) electrons. The van der Waals surface area contributed by atoms with Crippen molar-refractivity contribution in [1.29, 1.82) is 0 Å². The summed E-state index contributed by atoms with van der Waals surface area (Å²) in [7, 11) is 0. The monoisotopic (exact) mass is 363 g/mol. The van der Waals surface area contributed by atoms with Gasteiger partial charge in [0.15, 0.2) is 0 Å². The zero-order valence-electron chi connectivity index (χ0n) is 12.6. The predicted molar refractivity (Wildman–Crippen MR) is 95.8 cm³/mol. The maximum atomic E-state index is 12.1. The van der Waals surface area contributed by atoms with Crippen LogP contribution in [0.5, 0.6) is 0 Å². The Bertz CT molecular complexity index is 768. The van der Waals surface area contributed by atoms with Crippen LogP contribution in [0.2, 0.25) is 10.0 Å². The Balaban J connectivity index is 1.62. The van der Waals surface area contributed by atoms with Gasteiger partial charge in [-0.1, -0.05) is 47.5 Å². The maximum absolute atomic E-state index is 12.1. The fraction of sp³-hybridized carbons (Fsp3) is 0.176. The summed E-state index contributed by atoms with van der Waals surface area (Å²) in [5.74, 6) is -0.0210. The van der Waals surface area contributed by atoms with E-state index >= 15 is 0 Å². The van der Waals surface area contributed by atoms with Gasteiger partial charge < -0.3 is 15.5 Å². The van der Waals surface area contributed by atoms with Crippen molar-refractivity contribution in [3.63, 3.8) is 0 Å². The number of halogens is 2. The van der Waals surface area contributed by atoms with Gasteiger partial charge in [-0.2, -0.15) is 0 Å². The summed E-state index contributed by atoms with van der Waals surface area (Å²) in [6.45, 7) is 0.430. The van der Waals surface area contributed by atoms with Crippen molar-refractivity contribution in [2.75, 3.05) is 16.8 Å². The number of carbonyl (C=O) groups excluding carboxylic acids is 2. The SMILES string of the molecule is O=C(Nc1cccc(Cl)c1Cl)N[C@@H]1CC(=O)N(c2ccccc2)C1. The fourth-order valence-corrected chi connectivity index (χ4v) is 2.95. The molecule has 0 bridgehead atoms. The number of nitrogens with zero attached hydrogens (tertiary/aromatic N) is 1. The van der Waals surface area contributed by atoms with Crippen LogP contribution < -0.4 is 15.5 Å². The molecule has 2 aromatic carbocycles. The lowest BCUT2D eigenvalue weighted by molar-refractivity contribution is -0.117. The molecule has 5 nitrogen and oxygen atoms in total. The van der Waals surface area contributed by atoms with Crippen LogP contribution in [0, 0.1) is 0 Å². The molecule has 1 aliphatic rings. The topological polar surface area (TPSA) is 61.4 Å². The molecular formula is C17H15Cl2N3O2. The molecule has 0 unspecified atom stereocenters. The van der Waals surface area contributed by atoms with Gasteiger partial charge >= 0.3 is 6.03 Å². The number of nitrogens with one attached hydrogen (secondary N) is 2. The highest BCUT2D eigenvalue weighted by Gasteiger charge is 2.31. The number of anilines is 2. The number of rotatable bonds is 3. The Morgan fingerprint density at radius 2 is 1.83 bits per heavy atom. The fourth-order valence-electron chi connectivity index (χ4n) is 2.61. The molecule has 1 fully saturated rings. The second-order valence-electron chi connectivity index (χ2n) is 5.44. The highest BCUT2D eigenvalue weighted by atomic mass is 35.5. The van der Waals surface area contributed by atoms with E-state index in [1.54, 1.807) is 23.1 Å². The van der Waals surface area contributed by atoms with E-state index in [2.05, 4.69) is 10.6 Å². The molecule has 2 aromatic rings. The van der Waals surface area contributed by atoms with Gasteiger partial charge in [0.2, 0.25) is 5.91 Å². The van der Waals surface area contributed by atoms with Crippen LogP contribution in [0.1, 0.15) is 6.42 Å². The Hall–Kier alpha value is -2.24. The number of amides is 3. The third kappa shape index (κ3) is 3.63. The van der Waals surface area contributed by atoms with Crippen molar-refractivity contribution in [3.05, 3.63) is 58.6 Å². The van der Waals surface area contributed by atoms with Gasteiger partial charge in [-0.25, -0.2) is 4.79 Å². The molecule has 0 aromatic heterocycles. The number of carbonyl (C=O) groups is 2. The van der Waals surface area contributed by atoms with E-state index < -0.39 is 6.03 Å². The van der Waals surface area contributed by atoms with E-state index in [0.717, 1.165) is 5.69 Å². The number of urea groups is 1. The van der Waals surface area contributed by atoms with Gasteiger partial charge in [0.25, 0.3) is 0 Å². The summed E-state index contributed by atoms with van der Waals surface area (Å²) in [4.78, 5) is 25.9. The van der Waals surface area contributed by atoms with Crippen LogP contribution in [0.15, 0.2) is 48.5 Å². The third-order valence-corrected chi connectivity index (χ3v) is 4.55. The zero-order valence-corrected chi connectivity index (χ0v) is 14.1. The molecule has 0 spiro atoms. The largest absolute Gasteiger partial charge is 0.333 e. The molecule has 3 amide bonds. The molecular weight excluding hydrogens is 349 g/mol. The Kier molecular flexibility index (Phi) is 4.92. The molecule has 0 saturated carbocycles. The van der Waals surface area contributed by atoms with Crippen LogP contribution in [0.4, 0.5) is 16.2 Å². The molecule has 1 aliphatic heterocycles. The minimum atomic E-state index is -0.424. The standard InChI is InChI=1S/C17H15Cl2N3O2/c18-13-7-4-8-14(16(13)19)21-17(24)20-11-9-15(23)22(10-11)12-5-2-1-3-6-12/h1-8,11H,9-10H2,(H2,20,21,24)/t11-/m1/s1. The van der Waals surface area contributed by atoms with Gasteiger partial charge in [0.1, 0.15) is 0 Å². The molecule has 7 heteroatoms. The molecule has 2 N–H and O–H groups in total. The quantitative estimate of drug-likeness (QED) is 0.867. The number of benzene rings is 2. The Labute approximate surface area is 149 Å². The van der Waals surface area contributed by atoms with E-state index in [0.29, 0.717) is 17.3 Å². The first kappa shape index (κ1) is 16.6. The second-order valence-corrected chi connectivity index (χ2v) is 6.23. The van der Waals surface area contributed by atoms with Gasteiger partial charge in [-0.15, -0.1) is 0 Å². The first-order valence-corrected chi connectivity index (χ1v) is 8.17. The van der Waals surface area contributed by atoms with E-state index in [1.807, 2.05) is 30.3 Å². The Morgan fingerprint density at radius 3 is 2.58 bits per heavy atom. The minimum absolute atomic E-state index is 0.0210. The van der Waals surface area contributed by atoms with Gasteiger partial charge in [0.05, 0.1) is 21.8 Å². The van der Waals surface area contributed by atoms with Crippen LogP contribution >= 0.6 is 23.2 Å². The first-order valence-electron chi connectivity index (χ1n) is 7.41. The lowest BCUT2D eigenvalue weighted by atomic mass is 10.2. The van der Waals surface area contributed by atoms with Crippen LogP contribution in [0.3, 0.4) is 0 Å². The highest BCUT2D eigenvalue weighted by Crippen LogP contribution is 2.29.